The summed E-state index contributed by atoms with van der Waals surface area (Å²) in [6.45, 7) is 2.64. The topological polar surface area (TPSA) is 86.8 Å². The normalized spacial score (nSPS) is 12.8. The van der Waals surface area contributed by atoms with Crippen LogP contribution in [0.3, 0.4) is 0 Å². The second-order valence-corrected chi connectivity index (χ2v) is 11.3. The number of sulfonamides is 1. The van der Waals surface area contributed by atoms with Crippen LogP contribution in [0.15, 0.2) is 78.9 Å². The minimum absolute atomic E-state index is 0.0991. The Balaban J connectivity index is 2.08. The zero-order chi connectivity index (χ0) is 28.6. The van der Waals surface area contributed by atoms with E-state index in [4.69, 9.17) is 0 Å². The number of anilines is 1. The summed E-state index contributed by atoms with van der Waals surface area (Å²) in [5, 5.41) is 2.89. The predicted molar refractivity (Wildman–Crippen MR) is 147 cm³/mol. The smallest absolute Gasteiger partial charge is 0.244 e. The van der Waals surface area contributed by atoms with Crippen LogP contribution >= 0.6 is 0 Å². The first-order valence-corrected chi connectivity index (χ1v) is 14.5. The third-order valence-electron chi connectivity index (χ3n) is 6.37. The van der Waals surface area contributed by atoms with Crippen molar-refractivity contribution >= 4 is 27.5 Å². The molecule has 1 N–H and O–H groups in total. The van der Waals surface area contributed by atoms with Crippen LogP contribution in [-0.2, 0) is 32.6 Å². The van der Waals surface area contributed by atoms with Crippen molar-refractivity contribution in [3.63, 3.8) is 0 Å². The SMILES string of the molecule is CC[C@@H](C)NC(=O)[C@@H](Cc1ccccc1)N(Cc1ccccc1F)C(=O)CN(c1ccccc1F)S(C)(=O)=O. The molecule has 3 aromatic carbocycles. The van der Waals surface area contributed by atoms with E-state index in [1.165, 1.54) is 41.3 Å². The molecule has 0 heterocycles. The van der Waals surface area contributed by atoms with Crippen LogP contribution in [0, 0.1) is 11.6 Å². The van der Waals surface area contributed by atoms with Gasteiger partial charge >= 0.3 is 0 Å². The van der Waals surface area contributed by atoms with Crippen molar-refractivity contribution in [3.05, 3.63) is 102 Å². The Kier molecular flexibility index (Phi) is 10.2. The Hall–Kier alpha value is -3.79. The van der Waals surface area contributed by atoms with E-state index in [9.17, 15) is 26.8 Å². The molecule has 0 aromatic heterocycles. The Morgan fingerprint density at radius 2 is 1.49 bits per heavy atom. The Morgan fingerprint density at radius 1 is 0.897 bits per heavy atom. The standard InChI is InChI=1S/C29H33F2N3O4S/c1-4-21(2)32-29(36)27(18-22-12-6-5-7-13-22)33(19-23-14-8-9-15-24(23)30)28(35)20-34(39(3,37)38)26-17-11-10-16-25(26)31/h5-17,21,27H,4,18-20H2,1-3H3,(H,32,36)/t21-,27-/m1/s1. The minimum Gasteiger partial charge on any atom is -0.352 e. The summed E-state index contributed by atoms with van der Waals surface area (Å²) >= 11 is 0. The van der Waals surface area contributed by atoms with Gasteiger partial charge in [0.25, 0.3) is 0 Å². The van der Waals surface area contributed by atoms with Gasteiger partial charge in [0.2, 0.25) is 21.8 Å². The number of nitrogens with one attached hydrogen (secondary N) is 1. The average molecular weight is 558 g/mol. The number of carbonyl (C=O) groups excluding carboxylic acids is 2. The maximum Gasteiger partial charge on any atom is 0.244 e. The molecule has 2 atom stereocenters. The van der Waals surface area contributed by atoms with Crippen molar-refractivity contribution in [2.75, 3.05) is 17.1 Å². The van der Waals surface area contributed by atoms with Gasteiger partial charge in [-0.2, -0.15) is 0 Å². The molecule has 0 aliphatic carbocycles. The minimum atomic E-state index is -4.11. The first kappa shape index (κ1) is 29.8. The highest BCUT2D eigenvalue weighted by atomic mass is 32.2. The second-order valence-electron chi connectivity index (χ2n) is 9.36. The zero-order valence-electron chi connectivity index (χ0n) is 22.2. The maximum absolute atomic E-state index is 14.7. The van der Waals surface area contributed by atoms with Gasteiger partial charge in [0.05, 0.1) is 11.9 Å². The van der Waals surface area contributed by atoms with Crippen LogP contribution in [0.4, 0.5) is 14.5 Å². The summed E-state index contributed by atoms with van der Waals surface area (Å²) in [5.41, 5.74) is 0.599. The fourth-order valence-electron chi connectivity index (χ4n) is 4.05. The van der Waals surface area contributed by atoms with Crippen LogP contribution in [0.2, 0.25) is 0 Å². The third-order valence-corrected chi connectivity index (χ3v) is 7.50. The Morgan fingerprint density at radius 3 is 2.08 bits per heavy atom. The van der Waals surface area contributed by atoms with E-state index in [2.05, 4.69) is 5.32 Å². The highest BCUT2D eigenvalue weighted by Crippen LogP contribution is 2.23. The molecule has 0 fully saturated rings. The van der Waals surface area contributed by atoms with Gasteiger partial charge in [0, 0.05) is 24.6 Å². The van der Waals surface area contributed by atoms with Gasteiger partial charge < -0.3 is 10.2 Å². The first-order chi connectivity index (χ1) is 18.5. The lowest BCUT2D eigenvalue weighted by atomic mass is 10.0. The number of hydrogen-bond acceptors (Lipinski definition) is 4. The van der Waals surface area contributed by atoms with E-state index in [-0.39, 0.29) is 30.3 Å². The highest BCUT2D eigenvalue weighted by molar-refractivity contribution is 7.92. The van der Waals surface area contributed by atoms with Gasteiger partial charge in [-0.1, -0.05) is 67.6 Å². The maximum atomic E-state index is 14.7. The van der Waals surface area contributed by atoms with Gasteiger partial charge in [0.1, 0.15) is 24.2 Å². The number of para-hydroxylation sites is 1. The number of hydrogen-bond donors (Lipinski definition) is 1. The molecule has 0 aliphatic heterocycles. The van der Waals surface area contributed by atoms with Crippen molar-refractivity contribution in [2.45, 2.75) is 45.3 Å². The van der Waals surface area contributed by atoms with Gasteiger partial charge in [-0.15, -0.1) is 0 Å². The quantitative estimate of drug-likeness (QED) is 0.360. The molecule has 0 spiro atoms. The lowest BCUT2D eigenvalue weighted by molar-refractivity contribution is -0.140. The second kappa shape index (κ2) is 13.3. The Bertz CT molecular complexity index is 1390. The third kappa shape index (κ3) is 8.10. The molecule has 3 aromatic rings. The van der Waals surface area contributed by atoms with Crippen molar-refractivity contribution in [2.24, 2.45) is 0 Å². The van der Waals surface area contributed by atoms with E-state index >= 15 is 0 Å². The molecule has 39 heavy (non-hydrogen) atoms. The molecule has 2 amide bonds. The molecular formula is C29H33F2N3O4S. The van der Waals surface area contributed by atoms with Crippen molar-refractivity contribution in [3.8, 4) is 0 Å². The van der Waals surface area contributed by atoms with E-state index < -0.39 is 46.1 Å². The van der Waals surface area contributed by atoms with Crippen molar-refractivity contribution < 1.29 is 26.8 Å². The van der Waals surface area contributed by atoms with Crippen molar-refractivity contribution in [1.29, 1.82) is 0 Å². The van der Waals surface area contributed by atoms with E-state index in [1.54, 1.807) is 30.3 Å². The number of amides is 2. The van der Waals surface area contributed by atoms with Gasteiger partial charge in [-0.3, -0.25) is 13.9 Å². The summed E-state index contributed by atoms with van der Waals surface area (Å²) < 4.78 is 55.4. The molecular weight excluding hydrogens is 524 g/mol. The molecule has 3 rings (SSSR count). The van der Waals surface area contributed by atoms with Crippen LogP contribution in [0.1, 0.15) is 31.4 Å². The van der Waals surface area contributed by atoms with E-state index in [0.717, 1.165) is 17.9 Å². The van der Waals surface area contributed by atoms with Gasteiger partial charge in [-0.25, -0.2) is 17.2 Å². The molecule has 7 nitrogen and oxygen atoms in total. The van der Waals surface area contributed by atoms with Gasteiger partial charge in [-0.05, 0) is 37.1 Å². The summed E-state index contributed by atoms with van der Waals surface area (Å²) in [7, 11) is -4.11. The molecule has 0 bridgehead atoms. The Labute approximate surface area is 228 Å². The van der Waals surface area contributed by atoms with Crippen LogP contribution in [0.5, 0.6) is 0 Å². The first-order valence-electron chi connectivity index (χ1n) is 12.6. The van der Waals surface area contributed by atoms with Crippen LogP contribution in [0.25, 0.3) is 0 Å². The predicted octanol–water partition coefficient (Wildman–Crippen LogP) is 4.29. The van der Waals surface area contributed by atoms with Crippen molar-refractivity contribution in [1.82, 2.24) is 10.2 Å². The lowest BCUT2D eigenvalue weighted by Gasteiger charge is -2.34. The lowest BCUT2D eigenvalue weighted by Crippen LogP contribution is -2.54. The highest BCUT2D eigenvalue weighted by Gasteiger charge is 2.34. The fourth-order valence-corrected chi connectivity index (χ4v) is 4.90. The molecule has 0 radical (unpaired) electrons. The zero-order valence-corrected chi connectivity index (χ0v) is 23.0. The molecule has 0 saturated carbocycles. The molecule has 0 aliphatic rings. The fraction of sp³-hybridized carbons (Fsp3) is 0.310. The number of nitrogens with zero attached hydrogens (tertiary/aromatic N) is 2. The molecule has 10 heteroatoms. The van der Waals surface area contributed by atoms with Crippen LogP contribution in [-0.4, -0.2) is 50.0 Å². The summed E-state index contributed by atoms with van der Waals surface area (Å²) in [6.07, 6.45) is 1.60. The largest absolute Gasteiger partial charge is 0.352 e. The van der Waals surface area contributed by atoms with Gasteiger partial charge in [0.15, 0.2) is 0 Å². The average Bonchev–Trinajstić information content (AvgIpc) is 2.90. The summed E-state index contributed by atoms with van der Waals surface area (Å²) in [5.74, 6) is -2.65. The number of halogens is 2. The molecule has 208 valence electrons. The van der Waals surface area contributed by atoms with E-state index in [0.29, 0.717) is 10.7 Å². The summed E-state index contributed by atoms with van der Waals surface area (Å²) in [6, 6.07) is 18.8. The van der Waals surface area contributed by atoms with E-state index in [1.807, 2.05) is 19.9 Å². The number of benzene rings is 3. The van der Waals surface area contributed by atoms with Crippen LogP contribution < -0.4 is 9.62 Å². The molecule has 0 unspecified atom stereocenters. The number of carbonyl (C=O) groups is 2. The summed E-state index contributed by atoms with van der Waals surface area (Å²) in [4.78, 5) is 28.6. The monoisotopic (exact) mass is 557 g/mol. The number of rotatable bonds is 12. The molecule has 0 saturated heterocycles.